The first-order valence-corrected chi connectivity index (χ1v) is 7.63. The molecule has 0 bridgehead atoms. The zero-order chi connectivity index (χ0) is 11.2. The van der Waals surface area contributed by atoms with Gasteiger partial charge in [0.25, 0.3) is 0 Å². The van der Waals surface area contributed by atoms with Crippen molar-refractivity contribution >= 4 is 8.30 Å². The first kappa shape index (κ1) is 10.7. The van der Waals surface area contributed by atoms with E-state index in [1.165, 1.54) is 24.9 Å². The number of rotatable bonds is 1. The van der Waals surface area contributed by atoms with Gasteiger partial charge in [-0.15, -0.1) is 0 Å². The number of nitrogens with zero attached hydrogens (tertiary/aromatic N) is 1. The molecule has 0 radical (unpaired) electrons. The minimum atomic E-state index is -0.384. The van der Waals surface area contributed by atoms with Crippen molar-refractivity contribution in [1.82, 2.24) is 4.67 Å². The van der Waals surface area contributed by atoms with Crippen LogP contribution in [0.5, 0.6) is 0 Å². The van der Waals surface area contributed by atoms with Gasteiger partial charge < -0.3 is 4.52 Å². The molecule has 2 heterocycles. The summed E-state index contributed by atoms with van der Waals surface area (Å²) in [6.45, 7) is 5.72. The summed E-state index contributed by atoms with van der Waals surface area (Å²) in [7, 11) is -0.384. The molecule has 2 saturated heterocycles. The van der Waals surface area contributed by atoms with E-state index in [9.17, 15) is 0 Å². The summed E-state index contributed by atoms with van der Waals surface area (Å²) < 4.78 is 8.86. The van der Waals surface area contributed by atoms with E-state index in [0.717, 1.165) is 0 Å². The van der Waals surface area contributed by atoms with Crippen LogP contribution in [0.4, 0.5) is 0 Å². The van der Waals surface area contributed by atoms with E-state index < -0.39 is 0 Å². The summed E-state index contributed by atoms with van der Waals surface area (Å²) in [5.74, 6) is 0. The Labute approximate surface area is 98.5 Å². The van der Waals surface area contributed by atoms with Gasteiger partial charge in [-0.1, -0.05) is 30.3 Å². The molecule has 86 valence electrons. The van der Waals surface area contributed by atoms with E-state index in [1.807, 2.05) is 0 Å². The molecule has 0 N–H and O–H groups in total. The maximum Gasteiger partial charge on any atom is 0.112 e. The predicted octanol–water partition coefficient (Wildman–Crippen LogP) is 3.34. The largest absolute Gasteiger partial charge is 0.331 e. The van der Waals surface area contributed by atoms with E-state index in [-0.39, 0.29) is 13.9 Å². The third kappa shape index (κ3) is 1.44. The smallest absolute Gasteiger partial charge is 0.112 e. The Morgan fingerprint density at radius 2 is 2.12 bits per heavy atom. The lowest BCUT2D eigenvalue weighted by Crippen LogP contribution is -2.36. The number of hydrogen-bond acceptors (Lipinski definition) is 2. The highest BCUT2D eigenvalue weighted by molar-refractivity contribution is 7.49. The highest BCUT2D eigenvalue weighted by Crippen LogP contribution is 2.60. The van der Waals surface area contributed by atoms with Gasteiger partial charge in [-0.3, -0.25) is 4.67 Å². The maximum atomic E-state index is 6.29. The monoisotopic (exact) mass is 235 g/mol. The molecule has 2 aliphatic heterocycles. The average Bonchev–Trinajstić information content (AvgIpc) is 2.86. The molecule has 1 aromatic carbocycles. The Morgan fingerprint density at radius 1 is 1.38 bits per heavy atom. The van der Waals surface area contributed by atoms with Crippen molar-refractivity contribution in [3.63, 3.8) is 0 Å². The molecule has 0 saturated carbocycles. The van der Waals surface area contributed by atoms with Crippen molar-refractivity contribution in [2.45, 2.75) is 31.4 Å². The van der Waals surface area contributed by atoms with Gasteiger partial charge in [0, 0.05) is 12.6 Å². The lowest BCUT2D eigenvalue weighted by molar-refractivity contribution is 0.0888. The summed E-state index contributed by atoms with van der Waals surface area (Å²) >= 11 is 0. The first-order chi connectivity index (χ1) is 7.72. The van der Waals surface area contributed by atoms with Crippen LogP contribution in [0.25, 0.3) is 0 Å². The second-order valence-corrected chi connectivity index (χ2v) is 6.47. The van der Waals surface area contributed by atoms with Gasteiger partial charge in [0.05, 0.1) is 0 Å². The minimum Gasteiger partial charge on any atom is -0.331 e. The van der Waals surface area contributed by atoms with Gasteiger partial charge in [0.1, 0.15) is 13.9 Å². The normalized spacial score (nSPS) is 38.9. The fraction of sp³-hybridized carbons (Fsp3) is 0.538. The third-order valence-corrected chi connectivity index (χ3v) is 5.74. The van der Waals surface area contributed by atoms with E-state index >= 15 is 0 Å². The molecular weight excluding hydrogens is 217 g/mol. The van der Waals surface area contributed by atoms with Crippen molar-refractivity contribution in [3.8, 4) is 0 Å². The average molecular weight is 235 g/mol. The van der Waals surface area contributed by atoms with Crippen molar-refractivity contribution in [1.29, 1.82) is 0 Å². The van der Waals surface area contributed by atoms with E-state index in [1.54, 1.807) is 0 Å². The van der Waals surface area contributed by atoms with Crippen LogP contribution in [0, 0.1) is 0 Å². The summed E-state index contributed by atoms with van der Waals surface area (Å²) in [6, 6.07) is 11.3. The zero-order valence-electron chi connectivity index (χ0n) is 9.89. The molecule has 0 spiro atoms. The molecule has 3 heteroatoms. The maximum absolute atomic E-state index is 6.29. The molecule has 2 fully saturated rings. The molecule has 3 atom stereocenters. The quantitative estimate of drug-likeness (QED) is 0.692. The molecular formula is C13H18NOP. The highest BCUT2D eigenvalue weighted by atomic mass is 31.2. The summed E-state index contributed by atoms with van der Waals surface area (Å²) in [4.78, 5) is 0. The van der Waals surface area contributed by atoms with Gasteiger partial charge in [-0.25, -0.2) is 0 Å². The standard InChI is InChI=1S/C13H18NOP/c1-13(11-7-4-3-5-8-11)12-9-6-10-14(12)16(2)15-13/h3-5,7-8,12H,6,9-10H2,1-2H3/t12-,13+,16?/m0/s1. The SMILES string of the molecule is CP1O[C@](C)(c2ccccc2)[C@@H]2CCCN21. The Hall–Kier alpha value is -0.430. The van der Waals surface area contributed by atoms with Crippen LogP contribution in [0.1, 0.15) is 25.3 Å². The Morgan fingerprint density at radius 3 is 2.88 bits per heavy atom. The molecule has 0 aromatic heterocycles. The van der Waals surface area contributed by atoms with Gasteiger partial charge in [0.15, 0.2) is 0 Å². The first-order valence-electron chi connectivity index (χ1n) is 5.97. The highest BCUT2D eigenvalue weighted by Gasteiger charge is 2.51. The molecule has 1 aromatic rings. The van der Waals surface area contributed by atoms with Crippen molar-refractivity contribution in [2.24, 2.45) is 0 Å². The summed E-state index contributed by atoms with van der Waals surface area (Å²) in [5.41, 5.74) is 1.25. The zero-order valence-corrected chi connectivity index (χ0v) is 10.8. The molecule has 0 amide bonds. The van der Waals surface area contributed by atoms with Gasteiger partial charge in [0.2, 0.25) is 0 Å². The lowest BCUT2D eigenvalue weighted by atomic mass is 9.87. The van der Waals surface area contributed by atoms with Crippen LogP contribution in [-0.4, -0.2) is 23.9 Å². The van der Waals surface area contributed by atoms with Crippen LogP contribution in [-0.2, 0) is 10.1 Å². The van der Waals surface area contributed by atoms with Gasteiger partial charge in [-0.2, -0.15) is 0 Å². The third-order valence-electron chi connectivity index (χ3n) is 3.89. The van der Waals surface area contributed by atoms with Crippen LogP contribution < -0.4 is 0 Å². The molecule has 16 heavy (non-hydrogen) atoms. The summed E-state index contributed by atoms with van der Waals surface area (Å²) in [6.07, 6.45) is 2.60. The summed E-state index contributed by atoms with van der Waals surface area (Å²) in [5, 5.41) is 0. The predicted molar refractivity (Wildman–Crippen MR) is 67.5 cm³/mol. The van der Waals surface area contributed by atoms with E-state index in [0.29, 0.717) is 6.04 Å². The van der Waals surface area contributed by atoms with E-state index in [2.05, 4.69) is 48.6 Å². The second kappa shape index (κ2) is 3.80. The van der Waals surface area contributed by atoms with Gasteiger partial charge >= 0.3 is 0 Å². The number of hydrogen-bond donors (Lipinski definition) is 0. The van der Waals surface area contributed by atoms with Gasteiger partial charge in [-0.05, 0) is 32.0 Å². The van der Waals surface area contributed by atoms with Crippen LogP contribution in [0.3, 0.4) is 0 Å². The Bertz CT molecular complexity index is 383. The molecule has 3 rings (SSSR count). The molecule has 0 aliphatic carbocycles. The number of benzene rings is 1. The van der Waals surface area contributed by atoms with Crippen molar-refractivity contribution in [3.05, 3.63) is 35.9 Å². The Balaban J connectivity index is 1.99. The van der Waals surface area contributed by atoms with Crippen molar-refractivity contribution < 1.29 is 4.52 Å². The van der Waals surface area contributed by atoms with Crippen LogP contribution in [0.2, 0.25) is 0 Å². The molecule has 2 nitrogen and oxygen atoms in total. The van der Waals surface area contributed by atoms with Crippen LogP contribution in [0.15, 0.2) is 30.3 Å². The molecule has 2 aliphatic rings. The second-order valence-electron chi connectivity index (χ2n) is 4.85. The topological polar surface area (TPSA) is 12.5 Å². The number of fused-ring (bicyclic) bond motifs is 1. The van der Waals surface area contributed by atoms with E-state index in [4.69, 9.17) is 4.52 Å². The molecule has 1 unspecified atom stereocenters. The fourth-order valence-corrected chi connectivity index (χ4v) is 5.08. The minimum absolute atomic E-state index is 0.0851. The lowest BCUT2D eigenvalue weighted by Gasteiger charge is -2.29. The van der Waals surface area contributed by atoms with Crippen molar-refractivity contribution in [2.75, 3.05) is 13.2 Å². The Kier molecular flexibility index (Phi) is 2.54. The fourth-order valence-electron chi connectivity index (χ4n) is 3.05. The van der Waals surface area contributed by atoms with Crippen LogP contribution >= 0.6 is 8.30 Å².